The highest BCUT2D eigenvalue weighted by Gasteiger charge is 2.32. The molecule has 1 aliphatic heterocycles. The van der Waals surface area contributed by atoms with Crippen molar-refractivity contribution >= 4 is 37.7 Å². The largest absolute Gasteiger partial charge is 0.431 e. The maximum Gasteiger partial charge on any atom is 0.416 e. The number of aryl methyl sites for hydroxylation is 1. The van der Waals surface area contributed by atoms with Crippen LogP contribution in [0.15, 0.2) is 28.9 Å². The molecule has 1 aromatic heterocycles. The van der Waals surface area contributed by atoms with E-state index in [2.05, 4.69) is 10.3 Å². The number of amides is 1. The molecule has 0 saturated carbocycles. The van der Waals surface area contributed by atoms with E-state index in [4.69, 9.17) is 4.42 Å². The molecule has 32 heavy (non-hydrogen) atoms. The number of oxazole rings is 1. The molecule has 1 fully saturated rings. The van der Waals surface area contributed by atoms with E-state index in [1.165, 1.54) is 6.07 Å². The molecule has 0 aliphatic carbocycles. The van der Waals surface area contributed by atoms with Crippen molar-refractivity contribution in [2.24, 2.45) is 0 Å². The predicted molar refractivity (Wildman–Crippen MR) is 107 cm³/mol. The van der Waals surface area contributed by atoms with Gasteiger partial charge in [-0.3, -0.25) is 4.79 Å². The first-order chi connectivity index (χ1) is 14.8. The summed E-state index contributed by atoms with van der Waals surface area (Å²) in [5.41, 5.74) is -0.864. The second kappa shape index (κ2) is 8.71. The van der Waals surface area contributed by atoms with Gasteiger partial charge in [0.2, 0.25) is 0 Å². The Kier molecular flexibility index (Phi) is 6.53. The Balaban J connectivity index is 1.71. The lowest BCUT2D eigenvalue weighted by molar-refractivity contribution is -0.137. The number of hydrogen-bond acceptors (Lipinski definition) is 8. The summed E-state index contributed by atoms with van der Waals surface area (Å²) in [7, 11) is -7.70. The zero-order chi connectivity index (χ0) is 23.7. The van der Waals surface area contributed by atoms with Crippen molar-refractivity contribution in [3.63, 3.8) is 0 Å². The van der Waals surface area contributed by atoms with Crippen LogP contribution in [0.4, 0.5) is 24.9 Å². The summed E-state index contributed by atoms with van der Waals surface area (Å²) in [6, 6.07) is 2.68. The van der Waals surface area contributed by atoms with Crippen LogP contribution in [0.25, 0.3) is 0 Å². The molecule has 3 rings (SSSR count). The summed E-state index contributed by atoms with van der Waals surface area (Å²) in [4.78, 5) is 16.1. The van der Waals surface area contributed by atoms with Crippen LogP contribution in [0, 0.1) is 6.92 Å². The van der Waals surface area contributed by atoms with E-state index < -0.39 is 43.4 Å². The third-order valence-corrected chi connectivity index (χ3v) is 7.82. The molecule has 2 heterocycles. The van der Waals surface area contributed by atoms with Gasteiger partial charge in [-0.1, -0.05) is 6.07 Å². The number of aromatic nitrogens is 1. The average molecular weight is 496 g/mol. The second-order valence-electron chi connectivity index (χ2n) is 7.03. The zero-order valence-corrected chi connectivity index (χ0v) is 18.3. The molecule has 15 heteroatoms. The Morgan fingerprint density at radius 1 is 1.22 bits per heavy atom. The highest BCUT2D eigenvalue weighted by Crippen LogP contribution is 2.32. The predicted octanol–water partition coefficient (Wildman–Crippen LogP) is 1.84. The highest BCUT2D eigenvalue weighted by molar-refractivity contribution is 7.91. The monoisotopic (exact) mass is 496 g/mol. The van der Waals surface area contributed by atoms with Gasteiger partial charge in [0.25, 0.3) is 11.9 Å². The van der Waals surface area contributed by atoms with E-state index in [-0.39, 0.29) is 42.7 Å². The number of anilines is 2. The van der Waals surface area contributed by atoms with Crippen LogP contribution in [0.1, 0.15) is 28.0 Å². The molecule has 10 nitrogen and oxygen atoms in total. The van der Waals surface area contributed by atoms with Gasteiger partial charge in [-0.05, 0) is 31.0 Å². The molecule has 1 amide bonds. The fourth-order valence-electron chi connectivity index (χ4n) is 2.87. The van der Waals surface area contributed by atoms with Crippen molar-refractivity contribution in [1.29, 1.82) is 0 Å². The van der Waals surface area contributed by atoms with Gasteiger partial charge in [-0.2, -0.15) is 30.9 Å². The summed E-state index contributed by atoms with van der Waals surface area (Å²) in [6.07, 6.45) is -3.64. The molecule has 0 unspecified atom stereocenters. The minimum Gasteiger partial charge on any atom is -0.431 e. The number of alkyl halides is 3. The van der Waals surface area contributed by atoms with E-state index in [0.29, 0.717) is 5.56 Å². The van der Waals surface area contributed by atoms with Gasteiger partial charge < -0.3 is 9.73 Å². The topological polar surface area (TPSA) is 139 Å². The lowest BCUT2D eigenvalue weighted by Gasteiger charge is -2.19. The van der Waals surface area contributed by atoms with Crippen molar-refractivity contribution < 1.29 is 39.2 Å². The Labute approximate surface area is 181 Å². The Morgan fingerprint density at radius 3 is 2.62 bits per heavy atom. The van der Waals surface area contributed by atoms with Gasteiger partial charge in [-0.25, -0.2) is 13.1 Å². The number of halogens is 3. The third kappa shape index (κ3) is 5.77. The number of nitrogens with zero attached hydrogens (tertiary/aromatic N) is 2. The maximum absolute atomic E-state index is 12.9. The third-order valence-electron chi connectivity index (χ3n) is 4.62. The van der Waals surface area contributed by atoms with Gasteiger partial charge in [-0.15, -0.1) is 0 Å². The number of nitrogens with one attached hydrogen (secondary N) is 2. The van der Waals surface area contributed by atoms with Gasteiger partial charge in [0, 0.05) is 18.8 Å². The molecular weight excluding hydrogens is 477 g/mol. The molecule has 0 bridgehead atoms. The van der Waals surface area contributed by atoms with E-state index in [1.807, 2.05) is 0 Å². The number of sulfone groups is 1. The first-order valence-corrected chi connectivity index (χ1v) is 12.5. The fourth-order valence-corrected chi connectivity index (χ4v) is 5.43. The molecule has 1 aromatic carbocycles. The lowest BCUT2D eigenvalue weighted by Crippen LogP contribution is -2.44. The fraction of sp³-hybridized carbons (Fsp3) is 0.412. The summed E-state index contributed by atoms with van der Waals surface area (Å²) in [6.45, 7) is 1.17. The molecular formula is C17H19F3N4O6S2. The number of carbonyl (C=O) groups excluding carboxylic acids is 1. The van der Waals surface area contributed by atoms with Crippen molar-refractivity contribution in [3.05, 3.63) is 41.3 Å². The highest BCUT2D eigenvalue weighted by atomic mass is 32.2. The van der Waals surface area contributed by atoms with Gasteiger partial charge in [0.05, 0.1) is 17.1 Å². The molecule has 176 valence electrons. The number of carbonyl (C=O) groups is 1. The van der Waals surface area contributed by atoms with Gasteiger partial charge >= 0.3 is 16.4 Å². The van der Waals surface area contributed by atoms with Crippen LogP contribution in [0.5, 0.6) is 0 Å². The molecule has 0 radical (unpaired) electrons. The number of hydrogen-bond donors (Lipinski definition) is 2. The number of rotatable bonds is 5. The zero-order valence-electron chi connectivity index (χ0n) is 16.6. The van der Waals surface area contributed by atoms with Gasteiger partial charge in [0.1, 0.15) is 6.26 Å². The van der Waals surface area contributed by atoms with Crippen molar-refractivity contribution in [3.8, 4) is 0 Å². The number of benzene rings is 1. The molecule has 0 atom stereocenters. The SMILES string of the molecule is Cc1ccc(C(F)(F)F)cc1Nc1nc(C(=O)NS(=O)(=O)N2CCCS(=O)(=O)CC2)co1. The summed E-state index contributed by atoms with van der Waals surface area (Å²) < 4.78 is 94.5. The minimum atomic E-state index is -4.56. The quantitative estimate of drug-likeness (QED) is 0.640. The van der Waals surface area contributed by atoms with Crippen LogP contribution in [-0.2, 0) is 26.2 Å². The molecule has 1 saturated heterocycles. The van der Waals surface area contributed by atoms with Crippen LogP contribution >= 0.6 is 0 Å². The van der Waals surface area contributed by atoms with Crippen molar-refractivity contribution in [1.82, 2.24) is 14.0 Å². The average Bonchev–Trinajstić information content (AvgIpc) is 3.05. The first kappa shape index (κ1) is 24.0. The maximum atomic E-state index is 12.9. The normalized spacial score (nSPS) is 17.5. The first-order valence-electron chi connectivity index (χ1n) is 9.20. The van der Waals surface area contributed by atoms with E-state index >= 15 is 0 Å². The minimum absolute atomic E-state index is 0.0343. The summed E-state index contributed by atoms with van der Waals surface area (Å²) >= 11 is 0. The Morgan fingerprint density at radius 2 is 1.94 bits per heavy atom. The van der Waals surface area contributed by atoms with Crippen molar-refractivity contribution in [2.75, 3.05) is 29.9 Å². The van der Waals surface area contributed by atoms with Crippen LogP contribution < -0.4 is 10.0 Å². The molecule has 2 N–H and O–H groups in total. The summed E-state index contributed by atoms with van der Waals surface area (Å²) in [5.74, 6) is -1.66. The van der Waals surface area contributed by atoms with Crippen molar-refractivity contribution in [2.45, 2.75) is 19.5 Å². The molecule has 1 aliphatic rings. The van der Waals surface area contributed by atoms with Crippen LogP contribution in [0.3, 0.4) is 0 Å². The smallest absolute Gasteiger partial charge is 0.416 e. The van der Waals surface area contributed by atoms with E-state index in [9.17, 15) is 34.8 Å². The lowest BCUT2D eigenvalue weighted by atomic mass is 10.1. The standard InChI is InChI=1S/C17H19F3N4O6S2/c1-11-3-4-12(17(18,19)20)9-13(11)21-16-22-14(10-30-16)15(25)23-32(28,29)24-5-2-7-31(26,27)8-6-24/h3-4,9-10H,2,5-8H2,1H3,(H,21,22)(H,23,25). The second-order valence-corrected chi connectivity index (χ2v) is 11.0. The van der Waals surface area contributed by atoms with Crippen LogP contribution in [0.2, 0.25) is 0 Å². The van der Waals surface area contributed by atoms with E-state index in [0.717, 1.165) is 22.7 Å². The summed E-state index contributed by atoms with van der Waals surface area (Å²) in [5, 5.41) is 2.52. The Hall–Kier alpha value is -2.65. The van der Waals surface area contributed by atoms with E-state index in [1.54, 1.807) is 11.6 Å². The van der Waals surface area contributed by atoms with Gasteiger partial charge in [0.15, 0.2) is 15.5 Å². The molecule has 2 aromatic rings. The van der Waals surface area contributed by atoms with Crippen LogP contribution in [-0.4, -0.2) is 56.6 Å². The molecule has 0 spiro atoms. The Bertz CT molecular complexity index is 1230.